The van der Waals surface area contributed by atoms with Gasteiger partial charge in [0.1, 0.15) is 0 Å². The first-order valence-corrected chi connectivity index (χ1v) is 9.27. The first kappa shape index (κ1) is 21.2. The SMILES string of the molecule is COc1cc(NC(=O)COC(=O)CSc2ccccc2C)c(C)cc1[N+](=O)[O-]. The molecule has 9 heteroatoms. The van der Waals surface area contributed by atoms with Gasteiger partial charge in [0.25, 0.3) is 5.91 Å². The summed E-state index contributed by atoms with van der Waals surface area (Å²) < 4.78 is 9.97. The zero-order valence-corrected chi connectivity index (χ0v) is 16.5. The molecule has 148 valence electrons. The summed E-state index contributed by atoms with van der Waals surface area (Å²) in [6.07, 6.45) is 0. The van der Waals surface area contributed by atoms with Gasteiger partial charge in [-0.25, -0.2) is 0 Å². The van der Waals surface area contributed by atoms with Crippen molar-refractivity contribution < 1.29 is 24.0 Å². The number of hydrogen-bond donors (Lipinski definition) is 1. The van der Waals surface area contributed by atoms with Crippen molar-refractivity contribution in [2.45, 2.75) is 18.7 Å². The van der Waals surface area contributed by atoms with Crippen molar-refractivity contribution in [3.63, 3.8) is 0 Å². The molecule has 0 radical (unpaired) electrons. The molecule has 1 N–H and O–H groups in total. The van der Waals surface area contributed by atoms with Crippen molar-refractivity contribution in [2.24, 2.45) is 0 Å². The van der Waals surface area contributed by atoms with Crippen LogP contribution in [0.3, 0.4) is 0 Å². The van der Waals surface area contributed by atoms with Crippen molar-refractivity contribution in [1.82, 2.24) is 0 Å². The molecule has 28 heavy (non-hydrogen) atoms. The Morgan fingerprint density at radius 1 is 1.18 bits per heavy atom. The Balaban J connectivity index is 1.89. The van der Waals surface area contributed by atoms with E-state index in [0.29, 0.717) is 11.3 Å². The molecule has 0 aliphatic carbocycles. The van der Waals surface area contributed by atoms with Gasteiger partial charge in [0.05, 0.1) is 17.8 Å². The van der Waals surface area contributed by atoms with Gasteiger partial charge in [0, 0.05) is 22.7 Å². The number of ether oxygens (including phenoxy) is 2. The molecule has 0 aromatic heterocycles. The molecular formula is C19H20N2O6S. The van der Waals surface area contributed by atoms with Crippen LogP contribution >= 0.6 is 11.8 Å². The predicted octanol–water partition coefficient (Wildman–Crippen LogP) is 3.49. The summed E-state index contributed by atoms with van der Waals surface area (Å²) in [5, 5.41) is 13.6. The minimum Gasteiger partial charge on any atom is -0.490 e. The molecule has 0 bridgehead atoms. The topological polar surface area (TPSA) is 108 Å². The summed E-state index contributed by atoms with van der Waals surface area (Å²) in [6, 6.07) is 10.3. The van der Waals surface area contributed by atoms with Crippen LogP contribution in [0.2, 0.25) is 0 Å². The summed E-state index contributed by atoms with van der Waals surface area (Å²) in [4.78, 5) is 35.3. The van der Waals surface area contributed by atoms with E-state index in [2.05, 4.69) is 5.32 Å². The number of hydrogen-bond acceptors (Lipinski definition) is 7. The van der Waals surface area contributed by atoms with Crippen LogP contribution in [0.5, 0.6) is 5.75 Å². The van der Waals surface area contributed by atoms with Crippen molar-refractivity contribution in [3.8, 4) is 5.75 Å². The van der Waals surface area contributed by atoms with E-state index in [4.69, 9.17) is 9.47 Å². The monoisotopic (exact) mass is 404 g/mol. The second-order valence-corrected chi connectivity index (χ2v) is 6.88. The van der Waals surface area contributed by atoms with Crippen LogP contribution in [-0.2, 0) is 14.3 Å². The van der Waals surface area contributed by atoms with Crippen LogP contribution in [-0.4, -0.2) is 36.3 Å². The third kappa shape index (κ3) is 5.71. The molecule has 0 unspecified atom stereocenters. The zero-order chi connectivity index (χ0) is 20.7. The molecule has 0 spiro atoms. The largest absolute Gasteiger partial charge is 0.490 e. The molecule has 2 rings (SSSR count). The fourth-order valence-corrected chi connectivity index (χ4v) is 3.17. The molecule has 0 saturated carbocycles. The highest BCUT2D eigenvalue weighted by Crippen LogP contribution is 2.32. The molecule has 2 aromatic carbocycles. The predicted molar refractivity (Wildman–Crippen MR) is 106 cm³/mol. The van der Waals surface area contributed by atoms with Gasteiger partial charge in [-0.2, -0.15) is 0 Å². The van der Waals surface area contributed by atoms with E-state index in [1.54, 1.807) is 6.92 Å². The molecule has 0 fully saturated rings. The highest BCUT2D eigenvalue weighted by Gasteiger charge is 2.18. The lowest BCUT2D eigenvalue weighted by Crippen LogP contribution is -2.22. The summed E-state index contributed by atoms with van der Waals surface area (Å²) in [5.41, 5.74) is 1.69. The highest BCUT2D eigenvalue weighted by molar-refractivity contribution is 8.00. The van der Waals surface area contributed by atoms with Crippen molar-refractivity contribution in [3.05, 3.63) is 57.6 Å². The Kier molecular flexibility index (Phi) is 7.39. The average molecular weight is 404 g/mol. The standard InChI is InChI=1S/C19H20N2O6S/c1-12-6-4-5-7-17(12)28-11-19(23)27-10-18(22)20-14-9-16(26-3)15(21(24)25)8-13(14)2/h4-9H,10-11H2,1-3H3,(H,20,22). The summed E-state index contributed by atoms with van der Waals surface area (Å²) in [7, 11) is 1.30. The number of esters is 1. The second-order valence-electron chi connectivity index (χ2n) is 5.86. The van der Waals surface area contributed by atoms with Gasteiger partial charge in [0.15, 0.2) is 12.4 Å². The Morgan fingerprint density at radius 2 is 1.89 bits per heavy atom. The quantitative estimate of drug-likeness (QED) is 0.310. The van der Waals surface area contributed by atoms with E-state index in [1.165, 1.54) is 31.0 Å². The number of rotatable bonds is 8. The minimum atomic E-state index is -0.564. The van der Waals surface area contributed by atoms with Gasteiger partial charge in [-0.3, -0.25) is 19.7 Å². The molecule has 1 amide bonds. The number of carbonyl (C=O) groups is 2. The number of carbonyl (C=O) groups excluding carboxylic acids is 2. The number of aryl methyl sites for hydroxylation is 2. The lowest BCUT2D eigenvalue weighted by atomic mass is 10.1. The van der Waals surface area contributed by atoms with Gasteiger partial charge in [-0.15, -0.1) is 11.8 Å². The third-order valence-corrected chi connectivity index (χ3v) is 4.95. The zero-order valence-electron chi connectivity index (χ0n) is 15.7. The van der Waals surface area contributed by atoms with E-state index < -0.39 is 23.4 Å². The van der Waals surface area contributed by atoms with Crippen molar-refractivity contribution >= 4 is 35.0 Å². The maximum atomic E-state index is 12.0. The van der Waals surface area contributed by atoms with E-state index in [0.717, 1.165) is 10.5 Å². The number of nitrogens with one attached hydrogen (secondary N) is 1. The van der Waals surface area contributed by atoms with Gasteiger partial charge >= 0.3 is 11.7 Å². The molecule has 8 nitrogen and oxygen atoms in total. The van der Waals surface area contributed by atoms with Gasteiger partial charge in [0.2, 0.25) is 0 Å². The summed E-state index contributed by atoms with van der Waals surface area (Å²) in [5.74, 6) is -0.949. The van der Waals surface area contributed by atoms with Gasteiger partial charge < -0.3 is 14.8 Å². The van der Waals surface area contributed by atoms with Crippen molar-refractivity contribution in [1.29, 1.82) is 0 Å². The maximum Gasteiger partial charge on any atom is 0.316 e. The lowest BCUT2D eigenvalue weighted by Gasteiger charge is -2.11. The van der Waals surface area contributed by atoms with Crippen LogP contribution in [0, 0.1) is 24.0 Å². The van der Waals surface area contributed by atoms with E-state index in [-0.39, 0.29) is 17.2 Å². The number of thioether (sulfide) groups is 1. The van der Waals surface area contributed by atoms with E-state index in [9.17, 15) is 19.7 Å². The Bertz CT molecular complexity index is 900. The first-order chi connectivity index (χ1) is 13.3. The smallest absolute Gasteiger partial charge is 0.316 e. The Morgan fingerprint density at radius 3 is 2.54 bits per heavy atom. The molecule has 0 aliphatic heterocycles. The average Bonchev–Trinajstić information content (AvgIpc) is 2.66. The fourth-order valence-electron chi connectivity index (χ4n) is 2.34. The van der Waals surface area contributed by atoms with Crippen LogP contribution in [0.1, 0.15) is 11.1 Å². The minimum absolute atomic E-state index is 0.0255. The lowest BCUT2D eigenvalue weighted by molar-refractivity contribution is -0.385. The second kappa shape index (κ2) is 9.75. The van der Waals surface area contributed by atoms with Gasteiger partial charge in [-0.05, 0) is 31.0 Å². The van der Waals surface area contributed by atoms with Crippen LogP contribution in [0.4, 0.5) is 11.4 Å². The third-order valence-electron chi connectivity index (χ3n) is 3.80. The number of nitro benzene ring substituents is 1. The number of methoxy groups -OCH3 is 1. The first-order valence-electron chi connectivity index (χ1n) is 8.28. The molecular weight excluding hydrogens is 384 g/mol. The molecule has 0 atom stereocenters. The van der Waals surface area contributed by atoms with E-state index in [1.807, 2.05) is 31.2 Å². The normalized spacial score (nSPS) is 10.2. The molecule has 0 aliphatic rings. The molecule has 0 heterocycles. The summed E-state index contributed by atoms with van der Waals surface area (Å²) >= 11 is 1.34. The van der Waals surface area contributed by atoms with Crippen molar-refractivity contribution in [2.75, 3.05) is 24.8 Å². The summed E-state index contributed by atoms with van der Waals surface area (Å²) in [6.45, 7) is 3.11. The Labute approximate surface area is 166 Å². The number of amides is 1. The van der Waals surface area contributed by atoms with Gasteiger partial charge in [-0.1, -0.05) is 18.2 Å². The number of anilines is 1. The van der Waals surface area contributed by atoms with Crippen LogP contribution < -0.4 is 10.1 Å². The maximum absolute atomic E-state index is 12.0. The molecule has 2 aromatic rings. The number of nitrogens with zero attached hydrogens (tertiary/aromatic N) is 1. The van der Waals surface area contributed by atoms with Crippen LogP contribution in [0.25, 0.3) is 0 Å². The molecule has 0 saturated heterocycles. The highest BCUT2D eigenvalue weighted by atomic mass is 32.2. The Hall–Kier alpha value is -3.07. The van der Waals surface area contributed by atoms with Crippen LogP contribution in [0.15, 0.2) is 41.3 Å². The fraction of sp³-hybridized carbons (Fsp3) is 0.263. The number of benzene rings is 2. The number of nitro groups is 1. The van der Waals surface area contributed by atoms with E-state index >= 15 is 0 Å².